The SMILES string of the molecule is CCCC[N+](CCCC)(CCCC)CCCC.Oc1ccc2c(c1)OCO2. The zero-order valence-corrected chi connectivity index (χ0v) is 18.1. The molecule has 0 amide bonds. The van der Waals surface area contributed by atoms with E-state index >= 15 is 0 Å². The summed E-state index contributed by atoms with van der Waals surface area (Å²) in [5.74, 6) is 1.50. The topological polar surface area (TPSA) is 38.7 Å². The number of rotatable bonds is 12. The number of unbranched alkanes of at least 4 members (excludes halogenated alkanes) is 4. The molecule has 27 heavy (non-hydrogen) atoms. The molecule has 0 saturated carbocycles. The van der Waals surface area contributed by atoms with Gasteiger partial charge in [0.2, 0.25) is 6.79 Å². The molecule has 0 fully saturated rings. The molecule has 1 heterocycles. The Hall–Kier alpha value is -1.42. The molecule has 156 valence electrons. The van der Waals surface area contributed by atoms with Crippen molar-refractivity contribution in [2.45, 2.75) is 79.1 Å². The van der Waals surface area contributed by atoms with Gasteiger partial charge in [0.25, 0.3) is 0 Å². The molecule has 4 nitrogen and oxygen atoms in total. The van der Waals surface area contributed by atoms with Gasteiger partial charge in [-0.05, 0) is 37.8 Å². The minimum Gasteiger partial charge on any atom is -0.508 e. The van der Waals surface area contributed by atoms with Crippen molar-refractivity contribution in [3.63, 3.8) is 0 Å². The Kier molecular flexibility index (Phi) is 12.0. The minimum absolute atomic E-state index is 0.198. The highest BCUT2D eigenvalue weighted by molar-refractivity contribution is 5.46. The molecule has 0 aromatic heterocycles. The number of benzene rings is 1. The van der Waals surface area contributed by atoms with Crippen molar-refractivity contribution < 1.29 is 19.1 Å². The molecule has 0 aliphatic carbocycles. The number of fused-ring (bicyclic) bond motifs is 1. The lowest BCUT2D eigenvalue weighted by Gasteiger charge is -2.39. The Bertz CT molecular complexity index is 467. The molecule has 0 atom stereocenters. The molecule has 0 bridgehead atoms. The van der Waals surface area contributed by atoms with Crippen LogP contribution >= 0.6 is 0 Å². The zero-order chi connectivity index (χ0) is 20.0. The highest BCUT2D eigenvalue weighted by Crippen LogP contribution is 2.34. The zero-order valence-electron chi connectivity index (χ0n) is 18.1. The van der Waals surface area contributed by atoms with E-state index in [4.69, 9.17) is 14.6 Å². The summed E-state index contributed by atoms with van der Waals surface area (Å²) in [6.07, 6.45) is 11.1. The van der Waals surface area contributed by atoms with Gasteiger partial charge in [-0.15, -0.1) is 0 Å². The number of hydrogen-bond donors (Lipinski definition) is 1. The van der Waals surface area contributed by atoms with Gasteiger partial charge in [0.05, 0.1) is 26.2 Å². The van der Waals surface area contributed by atoms with E-state index in [1.807, 2.05) is 0 Å². The number of phenolic OH excluding ortho intramolecular Hbond substituents is 1. The largest absolute Gasteiger partial charge is 0.508 e. The van der Waals surface area contributed by atoms with Crippen molar-refractivity contribution in [2.75, 3.05) is 33.0 Å². The maximum atomic E-state index is 8.96. The van der Waals surface area contributed by atoms with E-state index in [0.29, 0.717) is 11.5 Å². The molecule has 1 aliphatic rings. The first-order valence-corrected chi connectivity index (χ1v) is 11.0. The molecule has 1 aromatic carbocycles. The van der Waals surface area contributed by atoms with Crippen molar-refractivity contribution in [3.05, 3.63) is 18.2 Å². The third kappa shape index (κ3) is 8.87. The van der Waals surface area contributed by atoms with Crippen LogP contribution in [0.4, 0.5) is 0 Å². The highest BCUT2D eigenvalue weighted by Gasteiger charge is 2.24. The van der Waals surface area contributed by atoms with Crippen molar-refractivity contribution in [2.24, 2.45) is 0 Å². The van der Waals surface area contributed by atoms with Gasteiger partial charge >= 0.3 is 0 Å². The summed E-state index contributed by atoms with van der Waals surface area (Å²) in [7, 11) is 0. The molecular weight excluding hydrogens is 338 g/mol. The van der Waals surface area contributed by atoms with Crippen LogP contribution in [0, 0.1) is 0 Å². The van der Waals surface area contributed by atoms with Gasteiger partial charge in [0, 0.05) is 6.07 Å². The third-order valence-electron chi connectivity index (χ3n) is 5.30. The maximum Gasteiger partial charge on any atom is 0.231 e. The lowest BCUT2D eigenvalue weighted by molar-refractivity contribution is -0.929. The van der Waals surface area contributed by atoms with Crippen LogP contribution < -0.4 is 9.47 Å². The summed E-state index contributed by atoms with van der Waals surface area (Å²) < 4.78 is 11.4. The monoisotopic (exact) mass is 380 g/mol. The Balaban J connectivity index is 0.000000303. The summed E-state index contributed by atoms with van der Waals surface area (Å²) in [6, 6.07) is 4.77. The van der Waals surface area contributed by atoms with Crippen LogP contribution in [-0.4, -0.2) is 42.6 Å². The van der Waals surface area contributed by atoms with Crippen molar-refractivity contribution >= 4 is 0 Å². The summed E-state index contributed by atoms with van der Waals surface area (Å²) >= 11 is 0. The van der Waals surface area contributed by atoms with E-state index in [-0.39, 0.29) is 12.5 Å². The molecule has 0 unspecified atom stereocenters. The molecule has 2 rings (SSSR count). The van der Waals surface area contributed by atoms with Crippen LogP contribution in [0.15, 0.2) is 18.2 Å². The Morgan fingerprint density at radius 1 is 0.741 bits per heavy atom. The van der Waals surface area contributed by atoms with E-state index in [2.05, 4.69) is 27.7 Å². The summed E-state index contributed by atoms with van der Waals surface area (Å²) in [4.78, 5) is 0. The predicted octanol–water partition coefficient (Wildman–Crippen LogP) is 6.12. The van der Waals surface area contributed by atoms with Crippen LogP contribution in [0.5, 0.6) is 17.2 Å². The minimum atomic E-state index is 0.198. The molecule has 1 aromatic rings. The Labute approximate surface area is 167 Å². The first kappa shape index (κ1) is 23.6. The third-order valence-corrected chi connectivity index (χ3v) is 5.30. The quantitative estimate of drug-likeness (QED) is 0.444. The normalized spacial score (nSPS) is 12.6. The first-order valence-electron chi connectivity index (χ1n) is 11.0. The maximum absolute atomic E-state index is 8.96. The number of phenols is 1. The van der Waals surface area contributed by atoms with E-state index in [0.717, 1.165) is 0 Å². The van der Waals surface area contributed by atoms with Gasteiger partial charge in [-0.3, -0.25) is 0 Å². The van der Waals surface area contributed by atoms with Crippen LogP contribution in [0.2, 0.25) is 0 Å². The van der Waals surface area contributed by atoms with Crippen LogP contribution in [-0.2, 0) is 0 Å². The molecule has 0 saturated heterocycles. The number of hydrogen-bond acceptors (Lipinski definition) is 3. The van der Waals surface area contributed by atoms with Gasteiger partial charge in [-0.2, -0.15) is 0 Å². The number of nitrogens with zero attached hydrogens (tertiary/aromatic N) is 1. The smallest absolute Gasteiger partial charge is 0.231 e. The second-order valence-corrected chi connectivity index (χ2v) is 7.69. The standard InChI is InChI=1S/C16H36N.C7H6O3/c1-5-9-13-17(14-10-6-2,15-11-7-3)16-12-8-4;8-5-1-2-6-7(3-5)10-4-9-6/h5-16H2,1-4H3;1-3,8H,4H2/q+1;. The van der Waals surface area contributed by atoms with Crippen molar-refractivity contribution in [1.82, 2.24) is 0 Å². The van der Waals surface area contributed by atoms with Gasteiger partial charge in [0.15, 0.2) is 11.5 Å². The summed E-state index contributed by atoms with van der Waals surface area (Å²) in [5.41, 5.74) is 0. The predicted molar refractivity (Wildman–Crippen MR) is 114 cm³/mol. The fourth-order valence-electron chi connectivity index (χ4n) is 3.53. The average molecular weight is 381 g/mol. The van der Waals surface area contributed by atoms with Gasteiger partial charge in [-0.25, -0.2) is 0 Å². The van der Waals surface area contributed by atoms with Crippen LogP contribution in [0.25, 0.3) is 0 Å². The van der Waals surface area contributed by atoms with E-state index in [1.165, 1.54) is 88.1 Å². The van der Waals surface area contributed by atoms with Crippen LogP contribution in [0.1, 0.15) is 79.1 Å². The van der Waals surface area contributed by atoms with Gasteiger partial charge in [0.1, 0.15) is 5.75 Å². The number of aromatic hydroxyl groups is 1. The lowest BCUT2D eigenvalue weighted by atomic mass is 10.1. The van der Waals surface area contributed by atoms with Crippen LogP contribution in [0.3, 0.4) is 0 Å². The first-order chi connectivity index (χ1) is 13.1. The second kappa shape index (κ2) is 13.7. The number of quaternary nitrogens is 1. The molecule has 0 spiro atoms. The Morgan fingerprint density at radius 3 is 1.63 bits per heavy atom. The van der Waals surface area contributed by atoms with Gasteiger partial charge in [-0.1, -0.05) is 53.4 Å². The average Bonchev–Trinajstić information content (AvgIpc) is 3.15. The number of ether oxygens (including phenoxy) is 2. The van der Waals surface area contributed by atoms with E-state index in [1.54, 1.807) is 12.1 Å². The van der Waals surface area contributed by atoms with E-state index in [9.17, 15) is 0 Å². The highest BCUT2D eigenvalue weighted by atomic mass is 16.7. The Morgan fingerprint density at radius 2 is 1.19 bits per heavy atom. The fourth-order valence-corrected chi connectivity index (χ4v) is 3.53. The van der Waals surface area contributed by atoms with Gasteiger partial charge < -0.3 is 19.1 Å². The van der Waals surface area contributed by atoms with Crippen molar-refractivity contribution in [3.8, 4) is 17.2 Å². The summed E-state index contributed by atoms with van der Waals surface area (Å²) in [6.45, 7) is 15.3. The lowest BCUT2D eigenvalue weighted by Crippen LogP contribution is -2.50. The second-order valence-electron chi connectivity index (χ2n) is 7.69. The summed E-state index contributed by atoms with van der Waals surface area (Å²) in [5, 5.41) is 8.96. The molecule has 4 heteroatoms. The fraction of sp³-hybridized carbons (Fsp3) is 0.739. The molecule has 1 N–H and O–H groups in total. The molecular formula is C23H42NO3+. The molecule has 0 radical (unpaired) electrons. The molecule has 1 aliphatic heterocycles. The van der Waals surface area contributed by atoms with E-state index < -0.39 is 0 Å². The van der Waals surface area contributed by atoms with Crippen molar-refractivity contribution in [1.29, 1.82) is 0 Å².